The van der Waals surface area contributed by atoms with Gasteiger partial charge >= 0.3 is 5.69 Å². The van der Waals surface area contributed by atoms with E-state index in [0.29, 0.717) is 17.2 Å². The van der Waals surface area contributed by atoms with E-state index in [1.807, 2.05) is 97.1 Å². The average Bonchev–Trinajstić information content (AvgIpc) is 3.37. The number of aromatic nitrogens is 2. The first kappa shape index (κ1) is 33.8. The average molecular weight is 691 g/mol. The molecule has 0 unspecified atom stereocenters. The molecule has 12 nitrogen and oxygen atoms in total. The molecule has 1 amide bonds. The van der Waals surface area contributed by atoms with Crippen LogP contribution in [0, 0.1) is 0 Å². The van der Waals surface area contributed by atoms with Crippen LogP contribution in [0.3, 0.4) is 0 Å². The molecule has 4 aromatic carbocycles. The summed E-state index contributed by atoms with van der Waals surface area (Å²) in [5.74, 6) is 1.53. The number of fused-ring (bicyclic) bond motifs is 1. The minimum Gasteiger partial charge on any atom is -0.497 e. The lowest BCUT2D eigenvalue weighted by molar-refractivity contribution is -0.217. The Hall–Kier alpha value is -5.69. The van der Waals surface area contributed by atoms with E-state index in [1.54, 1.807) is 26.4 Å². The largest absolute Gasteiger partial charge is 0.497 e. The van der Waals surface area contributed by atoms with Crippen LogP contribution in [-0.4, -0.2) is 77.7 Å². The zero-order valence-corrected chi connectivity index (χ0v) is 28.1. The Bertz CT molecular complexity index is 1980. The highest BCUT2D eigenvalue weighted by Crippen LogP contribution is 2.48. The third-order valence-electron chi connectivity index (χ3n) is 9.55. The van der Waals surface area contributed by atoms with Crippen molar-refractivity contribution in [3.8, 4) is 17.2 Å². The first-order chi connectivity index (χ1) is 24.8. The number of benzene rings is 4. The number of nitrogens with two attached hydrogens (primary N) is 1. The second kappa shape index (κ2) is 13.9. The number of rotatable bonds is 12. The van der Waals surface area contributed by atoms with Crippen LogP contribution in [0.15, 0.2) is 126 Å². The summed E-state index contributed by atoms with van der Waals surface area (Å²) >= 11 is 0. The number of para-hydroxylation sites is 1. The molecule has 3 heterocycles. The van der Waals surface area contributed by atoms with E-state index in [4.69, 9.17) is 29.4 Å². The molecule has 7 rings (SSSR count). The topological polar surface area (TPSA) is 148 Å². The van der Waals surface area contributed by atoms with Gasteiger partial charge in [-0.2, -0.15) is 4.98 Å². The van der Waals surface area contributed by atoms with Crippen molar-refractivity contribution < 1.29 is 33.6 Å². The number of nitrogen functional groups attached to an aromatic ring is 1. The normalized spacial score (nSPS) is 21.0. The highest BCUT2D eigenvalue weighted by atomic mass is 16.6. The molecule has 2 saturated heterocycles. The summed E-state index contributed by atoms with van der Waals surface area (Å²) in [6.07, 6.45) is -0.769. The number of aliphatic hydroxyl groups excluding tert-OH is 1. The fraction of sp³-hybridized carbons (Fsp3) is 0.256. The molecule has 0 saturated carbocycles. The summed E-state index contributed by atoms with van der Waals surface area (Å²) in [7, 11) is 3.21. The molecule has 2 aliphatic heterocycles. The molecule has 0 aliphatic carbocycles. The Morgan fingerprint density at radius 2 is 1.43 bits per heavy atom. The number of nitrogens with zero attached hydrogens (tertiary/aromatic N) is 3. The van der Waals surface area contributed by atoms with Crippen molar-refractivity contribution in [1.82, 2.24) is 14.5 Å². The third-order valence-corrected chi connectivity index (χ3v) is 9.55. The number of carbonyl (C=O) groups is 1. The molecule has 51 heavy (non-hydrogen) atoms. The van der Waals surface area contributed by atoms with Crippen LogP contribution in [0.2, 0.25) is 0 Å². The molecular weight excluding hydrogens is 652 g/mol. The van der Waals surface area contributed by atoms with Crippen molar-refractivity contribution in [1.29, 1.82) is 0 Å². The first-order valence-corrected chi connectivity index (χ1v) is 16.5. The van der Waals surface area contributed by atoms with Gasteiger partial charge in [0.25, 0.3) is 5.91 Å². The molecule has 0 radical (unpaired) electrons. The molecule has 262 valence electrons. The predicted molar refractivity (Wildman–Crippen MR) is 187 cm³/mol. The summed E-state index contributed by atoms with van der Waals surface area (Å²) in [4.78, 5) is 32.1. The number of methoxy groups -OCH3 is 2. The lowest BCUT2D eigenvalue weighted by atomic mass is 9.80. The van der Waals surface area contributed by atoms with Crippen LogP contribution in [0.4, 0.5) is 5.82 Å². The summed E-state index contributed by atoms with van der Waals surface area (Å²) in [5, 5.41) is 12.0. The maximum atomic E-state index is 13.5. The van der Waals surface area contributed by atoms with Gasteiger partial charge in [0.1, 0.15) is 46.9 Å². The standard InChI is InChI=1S/C39H38N4O8/c1-47-29-17-13-27(14-18-29)39(26-9-5-3-6-10-26,28-15-19-30(48-2)20-16-28)50-23-32-35(45)36-38(51-32,43-22-21-33(40)41-37(43)46)25-42(36)34(44)24-49-31-11-7-4-8-12-31/h3-22,32,35-36,45H,23-25H2,1-2H3,(H2,40,41,46)/t32-,35-,36-,38-/m1/s1. The second-order valence-electron chi connectivity index (χ2n) is 12.4. The van der Waals surface area contributed by atoms with Gasteiger partial charge in [0.15, 0.2) is 12.3 Å². The van der Waals surface area contributed by atoms with Crippen molar-refractivity contribution >= 4 is 11.7 Å². The van der Waals surface area contributed by atoms with E-state index in [-0.39, 0.29) is 31.5 Å². The maximum Gasteiger partial charge on any atom is 0.351 e. The van der Waals surface area contributed by atoms with Gasteiger partial charge < -0.3 is 39.4 Å². The Morgan fingerprint density at radius 3 is 2.00 bits per heavy atom. The Morgan fingerprint density at radius 1 is 0.863 bits per heavy atom. The molecule has 2 fully saturated rings. The van der Waals surface area contributed by atoms with E-state index >= 15 is 0 Å². The minimum atomic E-state index is -1.43. The smallest absolute Gasteiger partial charge is 0.351 e. The highest BCUT2D eigenvalue weighted by molar-refractivity contribution is 5.79. The zero-order chi connectivity index (χ0) is 35.6. The number of aliphatic hydroxyl groups is 1. The van der Waals surface area contributed by atoms with Crippen LogP contribution < -0.4 is 25.6 Å². The van der Waals surface area contributed by atoms with E-state index in [1.165, 1.54) is 21.7 Å². The second-order valence-corrected chi connectivity index (χ2v) is 12.4. The van der Waals surface area contributed by atoms with Gasteiger partial charge in [0.05, 0.1) is 27.4 Å². The van der Waals surface area contributed by atoms with Crippen LogP contribution in [0.25, 0.3) is 0 Å². The lowest BCUT2D eigenvalue weighted by Gasteiger charge is -2.53. The molecule has 12 heteroatoms. The quantitative estimate of drug-likeness (QED) is 0.186. The molecule has 5 aromatic rings. The van der Waals surface area contributed by atoms with Gasteiger partial charge in [0.2, 0.25) is 0 Å². The fourth-order valence-electron chi connectivity index (χ4n) is 7.04. The Kier molecular flexibility index (Phi) is 9.21. The molecule has 0 spiro atoms. The summed E-state index contributed by atoms with van der Waals surface area (Å²) in [5.41, 5.74) is 4.92. The predicted octanol–water partition coefficient (Wildman–Crippen LogP) is 3.55. The number of ether oxygens (including phenoxy) is 5. The van der Waals surface area contributed by atoms with Crippen molar-refractivity contribution in [3.05, 3.63) is 149 Å². The number of amides is 1. The number of likely N-dealkylation sites (tertiary alicyclic amines) is 1. The first-order valence-electron chi connectivity index (χ1n) is 16.5. The SMILES string of the molecule is COc1ccc(C(OC[C@H]2O[C@]3(n4ccc(N)nc4=O)CN(C(=O)COc4ccccc4)[C@@H]3[C@@H]2O)(c2ccccc2)c2ccc(OC)cc2)cc1. The fourth-order valence-corrected chi connectivity index (χ4v) is 7.04. The molecule has 1 aromatic heterocycles. The number of anilines is 1. The third kappa shape index (κ3) is 6.07. The number of carbonyl (C=O) groups excluding carboxylic acids is 1. The summed E-state index contributed by atoms with van der Waals surface area (Å²) < 4.78 is 31.6. The van der Waals surface area contributed by atoms with Gasteiger partial charge in [0, 0.05) is 6.20 Å². The van der Waals surface area contributed by atoms with Crippen molar-refractivity contribution in [2.75, 3.05) is 39.7 Å². The highest BCUT2D eigenvalue weighted by Gasteiger charge is 2.68. The van der Waals surface area contributed by atoms with E-state index in [0.717, 1.165) is 16.7 Å². The molecule has 0 bridgehead atoms. The van der Waals surface area contributed by atoms with Crippen LogP contribution in [0.5, 0.6) is 17.2 Å². The van der Waals surface area contributed by atoms with Crippen LogP contribution in [-0.2, 0) is 25.6 Å². The monoisotopic (exact) mass is 690 g/mol. The van der Waals surface area contributed by atoms with Crippen molar-refractivity contribution in [2.45, 2.75) is 29.6 Å². The lowest BCUT2D eigenvalue weighted by Crippen LogP contribution is -2.74. The van der Waals surface area contributed by atoms with Crippen LogP contribution >= 0.6 is 0 Å². The van der Waals surface area contributed by atoms with Gasteiger partial charge in [-0.3, -0.25) is 9.36 Å². The zero-order valence-electron chi connectivity index (χ0n) is 28.1. The van der Waals surface area contributed by atoms with Crippen molar-refractivity contribution in [2.24, 2.45) is 0 Å². The van der Waals surface area contributed by atoms with Crippen molar-refractivity contribution in [3.63, 3.8) is 0 Å². The Balaban J connectivity index is 1.25. The molecular formula is C39H38N4O8. The van der Waals surface area contributed by atoms with Gasteiger partial charge in [-0.05, 0) is 59.2 Å². The van der Waals surface area contributed by atoms with Crippen LogP contribution in [0.1, 0.15) is 16.7 Å². The molecule has 3 N–H and O–H groups in total. The van der Waals surface area contributed by atoms with Gasteiger partial charge in [-0.25, -0.2) is 4.79 Å². The number of hydrogen-bond acceptors (Lipinski definition) is 10. The molecule has 2 aliphatic rings. The Labute approximate surface area is 294 Å². The maximum absolute atomic E-state index is 13.5. The van der Waals surface area contributed by atoms with Gasteiger partial charge in [-0.1, -0.05) is 72.8 Å². The van der Waals surface area contributed by atoms with Gasteiger partial charge in [-0.15, -0.1) is 0 Å². The van der Waals surface area contributed by atoms with E-state index in [2.05, 4.69) is 4.98 Å². The summed E-state index contributed by atoms with van der Waals surface area (Å²) in [6.45, 7) is -0.438. The minimum absolute atomic E-state index is 0.0332. The summed E-state index contributed by atoms with van der Waals surface area (Å²) in [6, 6.07) is 34.4. The van der Waals surface area contributed by atoms with E-state index in [9.17, 15) is 14.7 Å². The number of hydrogen-bond donors (Lipinski definition) is 2. The molecule has 4 atom stereocenters. The van der Waals surface area contributed by atoms with E-state index < -0.39 is 35.3 Å².